The molecular formula is C17H24N4O2. The number of aromatic nitrogens is 2. The van der Waals surface area contributed by atoms with Crippen molar-refractivity contribution in [2.24, 2.45) is 5.92 Å². The van der Waals surface area contributed by atoms with Crippen molar-refractivity contribution in [3.05, 3.63) is 30.1 Å². The highest BCUT2D eigenvalue weighted by molar-refractivity contribution is 5.76. The molecular weight excluding hydrogens is 292 g/mol. The van der Waals surface area contributed by atoms with Gasteiger partial charge in [0.1, 0.15) is 5.82 Å². The Morgan fingerprint density at radius 1 is 1.48 bits per heavy atom. The summed E-state index contributed by atoms with van der Waals surface area (Å²) in [6.45, 7) is 2.49. The van der Waals surface area contributed by atoms with Gasteiger partial charge in [0.05, 0.1) is 23.2 Å². The Morgan fingerprint density at radius 2 is 2.26 bits per heavy atom. The number of hydrogen-bond acceptors (Lipinski definition) is 3. The van der Waals surface area contributed by atoms with E-state index in [-0.39, 0.29) is 24.1 Å². The first kappa shape index (κ1) is 15.8. The molecule has 1 saturated carbocycles. The summed E-state index contributed by atoms with van der Waals surface area (Å²) in [6, 6.07) is 7.46. The number of imidazole rings is 1. The highest BCUT2D eigenvalue weighted by atomic mass is 16.3. The van der Waals surface area contributed by atoms with E-state index in [1.807, 2.05) is 31.2 Å². The van der Waals surface area contributed by atoms with Gasteiger partial charge >= 0.3 is 6.03 Å². The van der Waals surface area contributed by atoms with Crippen LogP contribution in [-0.4, -0.2) is 45.7 Å². The van der Waals surface area contributed by atoms with Crippen molar-refractivity contribution in [3.63, 3.8) is 0 Å². The van der Waals surface area contributed by atoms with Gasteiger partial charge in [0.15, 0.2) is 0 Å². The third-order valence-corrected chi connectivity index (χ3v) is 4.63. The van der Waals surface area contributed by atoms with E-state index < -0.39 is 0 Å². The second-order valence-electron chi connectivity index (χ2n) is 6.45. The van der Waals surface area contributed by atoms with E-state index in [0.29, 0.717) is 6.54 Å². The van der Waals surface area contributed by atoms with Crippen molar-refractivity contribution in [1.29, 1.82) is 0 Å². The average Bonchev–Trinajstić information content (AvgIpc) is 3.13. The van der Waals surface area contributed by atoms with Crippen LogP contribution in [0.2, 0.25) is 0 Å². The molecule has 23 heavy (non-hydrogen) atoms. The number of aliphatic hydroxyl groups is 1. The van der Waals surface area contributed by atoms with Crippen molar-refractivity contribution in [2.45, 2.75) is 38.3 Å². The Kier molecular flexibility index (Phi) is 4.52. The maximum atomic E-state index is 12.3. The lowest BCUT2D eigenvalue weighted by molar-refractivity contribution is 0.113. The summed E-state index contributed by atoms with van der Waals surface area (Å²) in [4.78, 5) is 21.7. The summed E-state index contributed by atoms with van der Waals surface area (Å²) in [6.07, 6.45) is 2.59. The number of benzene rings is 1. The van der Waals surface area contributed by atoms with Crippen LogP contribution in [0.4, 0.5) is 4.79 Å². The van der Waals surface area contributed by atoms with Gasteiger partial charge in [0.25, 0.3) is 0 Å². The number of aliphatic hydroxyl groups excluding tert-OH is 1. The molecule has 1 fully saturated rings. The zero-order valence-corrected chi connectivity index (χ0v) is 13.6. The summed E-state index contributed by atoms with van der Waals surface area (Å²) in [5, 5.41) is 12.8. The van der Waals surface area contributed by atoms with Gasteiger partial charge in [0.2, 0.25) is 0 Å². The summed E-state index contributed by atoms with van der Waals surface area (Å²) >= 11 is 0. The van der Waals surface area contributed by atoms with Crippen LogP contribution in [0.3, 0.4) is 0 Å². The van der Waals surface area contributed by atoms with Gasteiger partial charge < -0.3 is 20.3 Å². The molecule has 1 heterocycles. The Labute approximate surface area is 135 Å². The lowest BCUT2D eigenvalue weighted by Crippen LogP contribution is -2.42. The van der Waals surface area contributed by atoms with Crippen molar-refractivity contribution in [1.82, 2.24) is 20.2 Å². The van der Waals surface area contributed by atoms with E-state index in [0.717, 1.165) is 36.1 Å². The zero-order chi connectivity index (χ0) is 16.4. The highest BCUT2D eigenvalue weighted by Crippen LogP contribution is 2.26. The number of carbonyl (C=O) groups excluding carboxylic acids is 1. The van der Waals surface area contributed by atoms with Crippen LogP contribution in [0.1, 0.15) is 38.1 Å². The van der Waals surface area contributed by atoms with Crippen LogP contribution in [0.25, 0.3) is 11.0 Å². The third-order valence-electron chi connectivity index (χ3n) is 4.63. The van der Waals surface area contributed by atoms with Crippen LogP contribution in [0.5, 0.6) is 0 Å². The van der Waals surface area contributed by atoms with E-state index in [1.54, 1.807) is 11.9 Å². The Morgan fingerprint density at radius 3 is 2.96 bits per heavy atom. The van der Waals surface area contributed by atoms with Crippen molar-refractivity contribution < 1.29 is 9.90 Å². The van der Waals surface area contributed by atoms with Gasteiger partial charge in [0, 0.05) is 19.5 Å². The predicted octanol–water partition coefficient (Wildman–Crippen LogP) is 2.43. The van der Waals surface area contributed by atoms with Gasteiger partial charge in [-0.2, -0.15) is 0 Å². The van der Waals surface area contributed by atoms with Gasteiger partial charge in [-0.3, -0.25) is 0 Å². The molecule has 6 heteroatoms. The molecule has 1 aliphatic carbocycles. The number of H-pyrrole nitrogens is 1. The largest absolute Gasteiger partial charge is 0.393 e. The fraction of sp³-hybridized carbons (Fsp3) is 0.529. The van der Waals surface area contributed by atoms with Gasteiger partial charge in [-0.15, -0.1) is 0 Å². The SMILES string of the molecule is CC(NC(=O)N(C)CC1CCCC1O)c1nc2ccccc2[nH]1. The van der Waals surface area contributed by atoms with Crippen LogP contribution in [0.15, 0.2) is 24.3 Å². The number of nitrogens with zero attached hydrogens (tertiary/aromatic N) is 2. The topological polar surface area (TPSA) is 81.2 Å². The molecule has 124 valence electrons. The molecule has 0 radical (unpaired) electrons. The molecule has 1 aromatic carbocycles. The van der Waals surface area contributed by atoms with Crippen LogP contribution < -0.4 is 5.32 Å². The normalized spacial score (nSPS) is 22.2. The van der Waals surface area contributed by atoms with E-state index in [9.17, 15) is 9.90 Å². The highest BCUT2D eigenvalue weighted by Gasteiger charge is 2.28. The lowest BCUT2D eigenvalue weighted by Gasteiger charge is -2.25. The average molecular weight is 316 g/mol. The number of rotatable bonds is 4. The molecule has 0 aliphatic heterocycles. The molecule has 0 spiro atoms. The molecule has 6 nitrogen and oxygen atoms in total. The first-order chi connectivity index (χ1) is 11.0. The molecule has 1 aromatic heterocycles. The number of carbonyl (C=O) groups is 1. The maximum Gasteiger partial charge on any atom is 0.317 e. The van der Waals surface area contributed by atoms with Crippen LogP contribution in [0, 0.1) is 5.92 Å². The number of nitrogens with one attached hydrogen (secondary N) is 2. The molecule has 3 rings (SSSR count). The van der Waals surface area contributed by atoms with Gasteiger partial charge in [-0.05, 0) is 31.9 Å². The Bertz CT molecular complexity index is 651. The standard InChI is InChI=1S/C17H24N4O2/c1-11(16-19-13-7-3-4-8-14(13)20-16)18-17(23)21(2)10-12-6-5-9-15(12)22/h3-4,7-8,11-12,15,22H,5-6,9-10H2,1-2H3,(H,18,23)(H,19,20). The fourth-order valence-electron chi connectivity index (χ4n) is 3.21. The van der Waals surface area contributed by atoms with E-state index in [2.05, 4.69) is 15.3 Å². The number of amides is 2. The van der Waals surface area contributed by atoms with E-state index in [4.69, 9.17) is 0 Å². The number of aromatic amines is 1. The molecule has 0 bridgehead atoms. The fourth-order valence-corrected chi connectivity index (χ4v) is 3.21. The molecule has 2 aromatic rings. The van der Waals surface area contributed by atoms with Gasteiger partial charge in [-0.25, -0.2) is 9.78 Å². The molecule has 0 saturated heterocycles. The number of urea groups is 1. The monoisotopic (exact) mass is 316 g/mol. The predicted molar refractivity (Wildman–Crippen MR) is 89.0 cm³/mol. The molecule has 1 aliphatic rings. The summed E-state index contributed by atoms with van der Waals surface area (Å²) in [5.74, 6) is 0.932. The minimum absolute atomic E-state index is 0.142. The smallest absolute Gasteiger partial charge is 0.317 e. The number of fused-ring (bicyclic) bond motifs is 1. The van der Waals surface area contributed by atoms with Crippen molar-refractivity contribution >= 4 is 17.1 Å². The first-order valence-electron chi connectivity index (χ1n) is 8.19. The van der Waals surface area contributed by atoms with Gasteiger partial charge in [-0.1, -0.05) is 18.6 Å². The summed E-state index contributed by atoms with van der Waals surface area (Å²) in [5.41, 5.74) is 1.86. The van der Waals surface area contributed by atoms with E-state index >= 15 is 0 Å². The number of para-hydroxylation sites is 2. The van der Waals surface area contributed by atoms with E-state index in [1.165, 1.54) is 0 Å². The second-order valence-corrected chi connectivity index (χ2v) is 6.45. The second kappa shape index (κ2) is 6.58. The molecule has 2 amide bonds. The summed E-state index contributed by atoms with van der Waals surface area (Å²) < 4.78 is 0. The molecule has 3 atom stereocenters. The maximum absolute atomic E-state index is 12.3. The van der Waals surface area contributed by atoms with Crippen LogP contribution in [-0.2, 0) is 0 Å². The lowest BCUT2D eigenvalue weighted by atomic mass is 10.1. The minimum Gasteiger partial charge on any atom is -0.393 e. The zero-order valence-electron chi connectivity index (χ0n) is 13.6. The van der Waals surface area contributed by atoms with Crippen molar-refractivity contribution in [2.75, 3.05) is 13.6 Å². The Hall–Kier alpha value is -2.08. The third kappa shape index (κ3) is 3.47. The Balaban J connectivity index is 1.60. The summed E-state index contributed by atoms with van der Waals surface area (Å²) in [7, 11) is 1.77. The minimum atomic E-state index is -0.280. The van der Waals surface area contributed by atoms with Crippen molar-refractivity contribution in [3.8, 4) is 0 Å². The first-order valence-corrected chi connectivity index (χ1v) is 8.19. The molecule has 3 unspecified atom stereocenters. The van der Waals surface area contributed by atoms with Crippen LogP contribution >= 0.6 is 0 Å². The quantitative estimate of drug-likeness (QED) is 0.810. The number of hydrogen-bond donors (Lipinski definition) is 3. The molecule has 3 N–H and O–H groups in total.